The van der Waals surface area contributed by atoms with Crippen molar-refractivity contribution in [1.29, 1.82) is 0 Å². The molecule has 0 aliphatic heterocycles. The number of hydrogen-bond acceptors (Lipinski definition) is 8. The summed E-state index contributed by atoms with van der Waals surface area (Å²) in [6, 6.07) is 25.4. The van der Waals surface area contributed by atoms with Gasteiger partial charge in [-0.05, 0) is 76.7 Å². The predicted octanol–water partition coefficient (Wildman–Crippen LogP) is 4.84. The van der Waals surface area contributed by atoms with Crippen LogP contribution in [0, 0.1) is 0 Å². The Morgan fingerprint density at radius 3 is 2.38 bits per heavy atom. The van der Waals surface area contributed by atoms with Gasteiger partial charge in [-0.2, -0.15) is 4.68 Å². The molecule has 0 spiro atoms. The Morgan fingerprint density at radius 1 is 0.911 bits per heavy atom. The molecule has 5 aromatic rings. The van der Waals surface area contributed by atoms with E-state index in [4.69, 9.17) is 16.3 Å². The third-order valence-electron chi connectivity index (χ3n) is 6.39. The summed E-state index contributed by atoms with van der Waals surface area (Å²) in [6.45, 7) is 0.0318. The lowest BCUT2D eigenvalue weighted by Crippen LogP contribution is -2.44. The quantitative estimate of drug-likeness (QED) is 0.177. The van der Waals surface area contributed by atoms with Crippen LogP contribution < -0.4 is 16.0 Å². The molecule has 3 aromatic carbocycles. The fourth-order valence-electron chi connectivity index (χ4n) is 4.23. The van der Waals surface area contributed by atoms with E-state index in [-0.39, 0.29) is 13.0 Å². The van der Waals surface area contributed by atoms with Crippen LogP contribution in [0.2, 0.25) is 5.02 Å². The van der Waals surface area contributed by atoms with Crippen molar-refractivity contribution < 1.29 is 19.1 Å². The molecule has 226 valence electrons. The molecule has 13 heteroatoms. The van der Waals surface area contributed by atoms with Gasteiger partial charge in [0.2, 0.25) is 11.8 Å². The second kappa shape index (κ2) is 15.0. The Bertz CT molecular complexity index is 1770. The lowest BCUT2D eigenvalue weighted by Gasteiger charge is -2.18. The van der Waals surface area contributed by atoms with Crippen LogP contribution in [0.5, 0.6) is 0 Å². The summed E-state index contributed by atoms with van der Waals surface area (Å²) >= 11 is 6.18. The van der Waals surface area contributed by atoms with Gasteiger partial charge in [-0.3, -0.25) is 19.9 Å². The highest BCUT2D eigenvalue weighted by Crippen LogP contribution is 2.20. The Morgan fingerprint density at radius 2 is 1.67 bits per heavy atom. The van der Waals surface area contributed by atoms with Crippen LogP contribution >= 0.6 is 11.6 Å². The van der Waals surface area contributed by atoms with Gasteiger partial charge in [0.15, 0.2) is 0 Å². The number of benzene rings is 3. The molecule has 0 unspecified atom stereocenters. The number of amides is 3. The average molecular weight is 623 g/mol. The molecule has 0 fully saturated rings. The number of carbonyl (C=O) groups excluding carboxylic acids is 3. The average Bonchev–Trinajstić information content (AvgIpc) is 3.59. The summed E-state index contributed by atoms with van der Waals surface area (Å²) in [7, 11) is 0. The van der Waals surface area contributed by atoms with Crippen LogP contribution in [0.25, 0.3) is 11.8 Å². The van der Waals surface area contributed by atoms with Crippen molar-refractivity contribution in [3.63, 3.8) is 0 Å². The summed E-state index contributed by atoms with van der Waals surface area (Å²) in [6.07, 6.45) is 5.55. The minimum Gasteiger partial charge on any atom is -0.443 e. The molecule has 3 N–H and O–H groups in total. The maximum Gasteiger partial charge on any atom is 0.412 e. The van der Waals surface area contributed by atoms with E-state index in [1.165, 1.54) is 17.1 Å². The number of aromatic nitrogens is 5. The topological polar surface area (TPSA) is 153 Å². The minimum atomic E-state index is -0.901. The van der Waals surface area contributed by atoms with Crippen LogP contribution in [0.4, 0.5) is 16.2 Å². The number of rotatable bonds is 11. The van der Waals surface area contributed by atoms with E-state index >= 15 is 0 Å². The SMILES string of the molecule is O=C(/C=C/c1cc(Cl)ccc1-n1cnnn1)N[C@@H](Cc1ccccc1)C(=O)Nc1ccc(NC(=O)OCc2ccccn2)cc1. The van der Waals surface area contributed by atoms with E-state index in [1.807, 2.05) is 30.3 Å². The first-order valence-corrected chi connectivity index (χ1v) is 14.1. The molecule has 5 rings (SSSR count). The first-order valence-electron chi connectivity index (χ1n) is 13.7. The molecule has 2 heterocycles. The number of nitrogens with zero attached hydrogens (tertiary/aromatic N) is 5. The Labute approximate surface area is 263 Å². The van der Waals surface area contributed by atoms with Crippen molar-refractivity contribution in [2.45, 2.75) is 19.1 Å². The number of anilines is 2. The van der Waals surface area contributed by atoms with Gasteiger partial charge in [-0.25, -0.2) is 4.79 Å². The van der Waals surface area contributed by atoms with Crippen molar-refractivity contribution in [2.75, 3.05) is 10.6 Å². The minimum absolute atomic E-state index is 0.0318. The maximum absolute atomic E-state index is 13.4. The molecule has 0 bridgehead atoms. The largest absolute Gasteiger partial charge is 0.443 e. The summed E-state index contributed by atoms with van der Waals surface area (Å²) in [5.41, 5.74) is 3.65. The third-order valence-corrected chi connectivity index (χ3v) is 6.63. The summed E-state index contributed by atoms with van der Waals surface area (Å²) in [4.78, 5) is 42.7. The Balaban J connectivity index is 1.23. The number of hydrogen-bond donors (Lipinski definition) is 3. The molecule has 0 saturated heterocycles. The van der Waals surface area contributed by atoms with E-state index in [0.29, 0.717) is 33.3 Å². The van der Waals surface area contributed by atoms with Crippen LogP contribution in [-0.4, -0.2) is 49.1 Å². The standard InChI is InChI=1S/C32H27ClN8O4/c33-24-10-15-29(41-21-35-39-40-41)23(19-24)9-16-30(42)38-28(18-22-6-2-1-3-7-22)31(43)36-25-11-13-26(14-12-25)37-32(44)45-20-27-8-4-5-17-34-27/h1-17,19,21,28H,18,20H2,(H,36,43)(H,37,44)(H,38,42)/b16-9+/t28-/m0/s1. The van der Waals surface area contributed by atoms with Crippen LogP contribution in [0.1, 0.15) is 16.8 Å². The van der Waals surface area contributed by atoms with Gasteiger partial charge < -0.3 is 15.4 Å². The van der Waals surface area contributed by atoms with Gasteiger partial charge in [-0.1, -0.05) is 48.0 Å². The molecule has 1 atom stereocenters. The maximum atomic E-state index is 13.4. The molecule has 0 aliphatic rings. The van der Waals surface area contributed by atoms with Crippen molar-refractivity contribution in [3.8, 4) is 5.69 Å². The van der Waals surface area contributed by atoms with Gasteiger partial charge >= 0.3 is 6.09 Å². The van der Waals surface area contributed by atoms with Crippen molar-refractivity contribution in [1.82, 2.24) is 30.5 Å². The summed E-state index contributed by atoms with van der Waals surface area (Å²) in [5, 5.41) is 19.9. The summed E-state index contributed by atoms with van der Waals surface area (Å²) in [5.74, 6) is -0.911. The smallest absolute Gasteiger partial charge is 0.412 e. The van der Waals surface area contributed by atoms with E-state index in [1.54, 1.807) is 72.9 Å². The van der Waals surface area contributed by atoms with Crippen molar-refractivity contribution >= 4 is 47.0 Å². The van der Waals surface area contributed by atoms with Gasteiger partial charge in [0.1, 0.15) is 19.0 Å². The lowest BCUT2D eigenvalue weighted by molar-refractivity contribution is -0.123. The molecule has 12 nitrogen and oxygen atoms in total. The zero-order valence-electron chi connectivity index (χ0n) is 23.7. The number of halogens is 1. The van der Waals surface area contributed by atoms with Crippen molar-refractivity contribution in [3.05, 3.63) is 131 Å². The first-order chi connectivity index (χ1) is 21.9. The molecule has 45 heavy (non-hydrogen) atoms. The zero-order chi connectivity index (χ0) is 31.4. The number of carbonyl (C=O) groups is 3. The van der Waals surface area contributed by atoms with Crippen LogP contribution in [-0.2, 0) is 27.4 Å². The fourth-order valence-corrected chi connectivity index (χ4v) is 4.41. The molecule has 3 amide bonds. The van der Waals surface area contributed by atoms with E-state index in [0.717, 1.165) is 5.56 Å². The first kappa shape index (κ1) is 30.6. The number of pyridine rings is 1. The van der Waals surface area contributed by atoms with Gasteiger partial charge in [0.25, 0.3) is 0 Å². The Kier molecular flexibility index (Phi) is 10.2. The highest BCUT2D eigenvalue weighted by atomic mass is 35.5. The molecule has 0 saturated carbocycles. The van der Waals surface area contributed by atoms with Crippen LogP contribution in [0.15, 0.2) is 110 Å². The molecule has 0 aliphatic carbocycles. The van der Waals surface area contributed by atoms with Gasteiger partial charge in [0.05, 0.1) is 11.4 Å². The molecule has 2 aromatic heterocycles. The normalized spacial score (nSPS) is 11.5. The molecular weight excluding hydrogens is 596 g/mol. The Hall–Kier alpha value is -5.88. The fraction of sp³-hybridized carbons (Fsp3) is 0.0938. The number of tetrazole rings is 1. The molecular formula is C32H27ClN8O4. The van der Waals surface area contributed by atoms with E-state index in [2.05, 4.69) is 36.5 Å². The van der Waals surface area contributed by atoms with Crippen molar-refractivity contribution in [2.24, 2.45) is 0 Å². The second-order valence-electron chi connectivity index (χ2n) is 9.63. The highest BCUT2D eigenvalue weighted by molar-refractivity contribution is 6.30. The lowest BCUT2D eigenvalue weighted by atomic mass is 10.0. The predicted molar refractivity (Wildman–Crippen MR) is 168 cm³/mol. The van der Waals surface area contributed by atoms with E-state index in [9.17, 15) is 14.4 Å². The highest BCUT2D eigenvalue weighted by Gasteiger charge is 2.21. The number of ether oxygens (including phenoxy) is 1. The van der Waals surface area contributed by atoms with E-state index < -0.39 is 23.9 Å². The summed E-state index contributed by atoms with van der Waals surface area (Å²) < 4.78 is 6.64. The monoisotopic (exact) mass is 622 g/mol. The van der Waals surface area contributed by atoms with Gasteiger partial charge in [0, 0.05) is 40.7 Å². The van der Waals surface area contributed by atoms with Crippen LogP contribution in [0.3, 0.4) is 0 Å². The second-order valence-corrected chi connectivity index (χ2v) is 10.1. The number of nitrogens with one attached hydrogen (secondary N) is 3. The zero-order valence-corrected chi connectivity index (χ0v) is 24.5. The third kappa shape index (κ3) is 9.05. The van der Waals surface area contributed by atoms with Gasteiger partial charge in [-0.15, -0.1) is 5.10 Å². The molecule has 0 radical (unpaired) electrons.